The highest BCUT2D eigenvalue weighted by Gasteiger charge is 2.30. The predicted octanol–water partition coefficient (Wildman–Crippen LogP) is 3.35. The van der Waals surface area contributed by atoms with Gasteiger partial charge < -0.3 is 4.74 Å². The molecule has 0 aliphatic carbocycles. The Morgan fingerprint density at radius 1 is 1.26 bits per heavy atom. The summed E-state index contributed by atoms with van der Waals surface area (Å²) in [6, 6.07) is 4.76. The minimum atomic E-state index is -4.44. The van der Waals surface area contributed by atoms with Crippen molar-refractivity contribution in [1.29, 1.82) is 0 Å². The zero-order valence-electron chi connectivity index (χ0n) is 10.2. The smallest absolute Gasteiger partial charge is 0.416 e. The van der Waals surface area contributed by atoms with Crippen molar-refractivity contribution in [3.05, 3.63) is 41.1 Å². The number of nitrogens with zero attached hydrogens (tertiary/aromatic N) is 1. The van der Waals surface area contributed by atoms with Crippen LogP contribution in [0.4, 0.5) is 13.2 Å². The maximum Gasteiger partial charge on any atom is 0.416 e. The SMILES string of the molecule is COC(=O)c1cc(C)c2ccc(C(F)(F)F)cc2n1. The van der Waals surface area contributed by atoms with Gasteiger partial charge in [0.05, 0.1) is 18.2 Å². The van der Waals surface area contributed by atoms with Crippen LogP contribution in [-0.2, 0) is 10.9 Å². The van der Waals surface area contributed by atoms with E-state index in [1.54, 1.807) is 6.92 Å². The Morgan fingerprint density at radius 2 is 1.95 bits per heavy atom. The molecule has 0 saturated heterocycles. The number of carbonyl (C=O) groups is 1. The molecule has 0 saturated carbocycles. The molecule has 2 aromatic rings. The second-order valence-electron chi connectivity index (χ2n) is 4.05. The number of carbonyl (C=O) groups excluding carboxylic acids is 1. The molecule has 0 unspecified atom stereocenters. The van der Waals surface area contributed by atoms with Crippen molar-refractivity contribution in [3.63, 3.8) is 0 Å². The van der Waals surface area contributed by atoms with Crippen molar-refractivity contribution in [2.45, 2.75) is 13.1 Å². The molecule has 0 bridgehead atoms. The fraction of sp³-hybridized carbons (Fsp3) is 0.231. The molecular weight excluding hydrogens is 259 g/mol. The van der Waals surface area contributed by atoms with Crippen LogP contribution in [0.5, 0.6) is 0 Å². The highest BCUT2D eigenvalue weighted by Crippen LogP contribution is 2.31. The first-order chi connectivity index (χ1) is 8.82. The molecule has 0 radical (unpaired) electrons. The normalized spacial score (nSPS) is 11.6. The molecule has 2 rings (SSSR count). The van der Waals surface area contributed by atoms with Gasteiger partial charge in [0.2, 0.25) is 0 Å². The zero-order valence-corrected chi connectivity index (χ0v) is 10.2. The van der Waals surface area contributed by atoms with Crippen LogP contribution in [0.1, 0.15) is 21.6 Å². The van der Waals surface area contributed by atoms with Crippen LogP contribution in [0.15, 0.2) is 24.3 Å². The molecule has 0 N–H and O–H groups in total. The first-order valence-corrected chi connectivity index (χ1v) is 5.40. The van der Waals surface area contributed by atoms with Gasteiger partial charge in [-0.05, 0) is 30.7 Å². The Kier molecular flexibility index (Phi) is 3.18. The number of methoxy groups -OCH3 is 1. The second kappa shape index (κ2) is 4.53. The summed E-state index contributed by atoms with van der Waals surface area (Å²) < 4.78 is 42.4. The van der Waals surface area contributed by atoms with Gasteiger partial charge in [-0.3, -0.25) is 0 Å². The van der Waals surface area contributed by atoms with Crippen molar-refractivity contribution in [2.75, 3.05) is 7.11 Å². The number of benzene rings is 1. The number of rotatable bonds is 1. The molecule has 19 heavy (non-hydrogen) atoms. The van der Waals surface area contributed by atoms with Gasteiger partial charge in [0.15, 0.2) is 0 Å². The number of aryl methyl sites for hydroxylation is 1. The first-order valence-electron chi connectivity index (χ1n) is 5.40. The molecule has 1 aromatic carbocycles. The predicted molar refractivity (Wildman–Crippen MR) is 62.8 cm³/mol. The topological polar surface area (TPSA) is 39.2 Å². The van der Waals surface area contributed by atoms with E-state index in [1.807, 2.05) is 0 Å². The maximum absolute atomic E-state index is 12.6. The third-order valence-electron chi connectivity index (χ3n) is 2.74. The van der Waals surface area contributed by atoms with Crippen LogP contribution in [0.2, 0.25) is 0 Å². The van der Waals surface area contributed by atoms with Crippen molar-refractivity contribution in [2.24, 2.45) is 0 Å². The molecule has 0 aliphatic rings. The number of alkyl halides is 3. The third kappa shape index (κ3) is 2.52. The Hall–Kier alpha value is -2.11. The van der Waals surface area contributed by atoms with Gasteiger partial charge in [0.1, 0.15) is 5.69 Å². The first kappa shape index (κ1) is 13.3. The van der Waals surface area contributed by atoms with Crippen LogP contribution in [0, 0.1) is 6.92 Å². The fourth-order valence-electron chi connectivity index (χ4n) is 1.79. The average Bonchev–Trinajstić information content (AvgIpc) is 2.36. The van der Waals surface area contributed by atoms with Gasteiger partial charge >= 0.3 is 12.1 Å². The minimum Gasteiger partial charge on any atom is -0.464 e. The number of aromatic nitrogens is 1. The standard InChI is InChI=1S/C13H10F3NO2/c1-7-5-11(12(18)19-2)17-10-6-8(13(14,15)16)3-4-9(7)10/h3-6H,1-2H3. The molecule has 0 aliphatic heterocycles. The molecule has 6 heteroatoms. The van der Waals surface area contributed by atoms with Crippen molar-refractivity contribution >= 4 is 16.9 Å². The van der Waals surface area contributed by atoms with Crippen molar-refractivity contribution in [3.8, 4) is 0 Å². The lowest BCUT2D eigenvalue weighted by Crippen LogP contribution is -2.07. The third-order valence-corrected chi connectivity index (χ3v) is 2.74. The highest BCUT2D eigenvalue weighted by atomic mass is 19.4. The van der Waals surface area contributed by atoms with Crippen molar-refractivity contribution in [1.82, 2.24) is 4.98 Å². The monoisotopic (exact) mass is 269 g/mol. The van der Waals surface area contributed by atoms with E-state index < -0.39 is 17.7 Å². The van der Waals surface area contributed by atoms with E-state index in [4.69, 9.17) is 0 Å². The summed E-state index contributed by atoms with van der Waals surface area (Å²) in [6.07, 6.45) is -4.44. The number of hydrogen-bond acceptors (Lipinski definition) is 3. The molecule has 0 spiro atoms. The highest BCUT2D eigenvalue weighted by molar-refractivity contribution is 5.92. The maximum atomic E-state index is 12.6. The van der Waals surface area contributed by atoms with E-state index in [2.05, 4.69) is 9.72 Å². The van der Waals surface area contributed by atoms with E-state index in [1.165, 1.54) is 19.2 Å². The van der Waals surface area contributed by atoms with Crippen LogP contribution < -0.4 is 0 Å². The summed E-state index contributed by atoms with van der Waals surface area (Å²) in [4.78, 5) is 15.3. The Labute approximate surface area is 107 Å². The second-order valence-corrected chi connectivity index (χ2v) is 4.05. The van der Waals surface area contributed by atoms with E-state index in [0.29, 0.717) is 10.9 Å². The summed E-state index contributed by atoms with van der Waals surface area (Å²) in [7, 11) is 1.19. The molecule has 0 fully saturated rings. The van der Waals surface area contributed by atoms with Crippen LogP contribution in [-0.4, -0.2) is 18.1 Å². The number of pyridine rings is 1. The number of hydrogen-bond donors (Lipinski definition) is 0. The van der Waals surface area contributed by atoms with E-state index in [0.717, 1.165) is 12.1 Å². The van der Waals surface area contributed by atoms with Crippen LogP contribution in [0.25, 0.3) is 10.9 Å². The lowest BCUT2D eigenvalue weighted by Gasteiger charge is -2.09. The quantitative estimate of drug-likeness (QED) is 0.745. The average molecular weight is 269 g/mol. The molecule has 3 nitrogen and oxygen atoms in total. The van der Waals surface area contributed by atoms with Gasteiger partial charge in [-0.2, -0.15) is 13.2 Å². The molecular formula is C13H10F3NO2. The lowest BCUT2D eigenvalue weighted by molar-refractivity contribution is -0.137. The number of esters is 1. The van der Waals surface area contributed by atoms with Crippen molar-refractivity contribution < 1.29 is 22.7 Å². The summed E-state index contributed by atoms with van der Waals surface area (Å²) >= 11 is 0. The zero-order chi connectivity index (χ0) is 14.2. The number of halogens is 3. The van der Waals surface area contributed by atoms with Gasteiger partial charge in [-0.25, -0.2) is 9.78 Å². The molecule has 0 atom stereocenters. The van der Waals surface area contributed by atoms with Gasteiger partial charge in [0, 0.05) is 5.39 Å². The van der Waals surface area contributed by atoms with Crippen LogP contribution in [0.3, 0.4) is 0 Å². The van der Waals surface area contributed by atoms with Crippen LogP contribution >= 0.6 is 0 Å². The summed E-state index contributed by atoms with van der Waals surface area (Å²) in [6.45, 7) is 1.70. The molecule has 100 valence electrons. The van der Waals surface area contributed by atoms with E-state index in [9.17, 15) is 18.0 Å². The fourth-order valence-corrected chi connectivity index (χ4v) is 1.79. The van der Waals surface area contributed by atoms with Gasteiger partial charge in [-0.1, -0.05) is 6.07 Å². The largest absolute Gasteiger partial charge is 0.464 e. The molecule has 1 heterocycles. The summed E-state index contributed by atoms with van der Waals surface area (Å²) in [5, 5.41) is 0.570. The summed E-state index contributed by atoms with van der Waals surface area (Å²) in [5.41, 5.74) is -0.0184. The van der Waals surface area contributed by atoms with Gasteiger partial charge in [0.25, 0.3) is 0 Å². The van der Waals surface area contributed by atoms with E-state index in [-0.39, 0.29) is 11.2 Å². The summed E-state index contributed by atoms with van der Waals surface area (Å²) in [5.74, 6) is -0.678. The number of ether oxygens (including phenoxy) is 1. The Bertz CT molecular complexity index is 650. The molecule has 1 aromatic heterocycles. The Balaban J connectivity index is 2.66. The lowest BCUT2D eigenvalue weighted by atomic mass is 10.1. The number of fused-ring (bicyclic) bond motifs is 1. The van der Waals surface area contributed by atoms with Gasteiger partial charge in [-0.15, -0.1) is 0 Å². The van der Waals surface area contributed by atoms with E-state index >= 15 is 0 Å². The molecule has 0 amide bonds. The minimum absolute atomic E-state index is 0.00757. The Morgan fingerprint density at radius 3 is 2.53 bits per heavy atom.